The molecule has 1 aliphatic carbocycles. The lowest BCUT2D eigenvalue weighted by atomic mass is 9.97. The molecule has 6 heteroatoms. The summed E-state index contributed by atoms with van der Waals surface area (Å²) >= 11 is 0. The van der Waals surface area contributed by atoms with Crippen molar-refractivity contribution < 1.29 is 23.1 Å². The minimum absolute atomic E-state index is 0.0780. The molecule has 0 spiro atoms. The van der Waals surface area contributed by atoms with E-state index in [0.29, 0.717) is 18.5 Å². The first-order chi connectivity index (χ1) is 7.83. The first-order valence-corrected chi connectivity index (χ1v) is 5.09. The predicted octanol–water partition coefficient (Wildman–Crippen LogP) is 2.61. The van der Waals surface area contributed by atoms with Crippen molar-refractivity contribution >= 4 is 5.97 Å². The fraction of sp³-hybridized carbons (Fsp3) is 0.455. The van der Waals surface area contributed by atoms with Crippen LogP contribution in [0.15, 0.2) is 18.3 Å². The molecule has 0 unspecified atom stereocenters. The molecule has 0 bridgehead atoms. The number of aromatic nitrogens is 1. The molecule has 0 atom stereocenters. The summed E-state index contributed by atoms with van der Waals surface area (Å²) in [6.45, 7) is 0. The Labute approximate surface area is 95.3 Å². The van der Waals surface area contributed by atoms with Gasteiger partial charge in [0.05, 0.1) is 12.0 Å². The van der Waals surface area contributed by atoms with Crippen molar-refractivity contribution in [3.8, 4) is 0 Å². The molecular weight excluding hydrogens is 235 g/mol. The van der Waals surface area contributed by atoms with E-state index in [1.807, 2.05) is 0 Å². The number of hydrogen-bond donors (Lipinski definition) is 1. The van der Waals surface area contributed by atoms with Gasteiger partial charge in [-0.05, 0) is 25.0 Å². The van der Waals surface area contributed by atoms with E-state index in [4.69, 9.17) is 5.11 Å². The number of carbonyl (C=O) groups is 1. The lowest BCUT2D eigenvalue weighted by Crippen LogP contribution is -2.15. The molecule has 17 heavy (non-hydrogen) atoms. The molecule has 1 fully saturated rings. The maximum Gasteiger partial charge on any atom is 0.417 e. The van der Waals surface area contributed by atoms with Crippen molar-refractivity contribution in [1.29, 1.82) is 0 Å². The highest BCUT2D eigenvalue weighted by Gasteiger charge is 2.47. The highest BCUT2D eigenvalue weighted by atomic mass is 19.4. The molecule has 1 heterocycles. The lowest BCUT2D eigenvalue weighted by Gasteiger charge is -2.13. The first kappa shape index (κ1) is 11.9. The molecule has 0 saturated heterocycles. The number of carboxylic acids is 1. The molecule has 1 saturated carbocycles. The third-order valence-electron chi connectivity index (χ3n) is 2.98. The van der Waals surface area contributed by atoms with E-state index in [0.717, 1.165) is 12.3 Å². The van der Waals surface area contributed by atoms with E-state index in [1.54, 1.807) is 0 Å². The summed E-state index contributed by atoms with van der Waals surface area (Å²) in [5, 5.41) is 8.73. The molecule has 1 N–H and O–H groups in total. The number of alkyl halides is 3. The molecular formula is C11H10F3NO2. The highest BCUT2D eigenvalue weighted by Crippen LogP contribution is 2.50. The molecule has 0 amide bonds. The monoisotopic (exact) mass is 245 g/mol. The third-order valence-corrected chi connectivity index (χ3v) is 2.98. The van der Waals surface area contributed by atoms with Gasteiger partial charge >= 0.3 is 12.1 Å². The predicted molar refractivity (Wildman–Crippen MR) is 52.4 cm³/mol. The van der Waals surface area contributed by atoms with Crippen LogP contribution < -0.4 is 0 Å². The average molecular weight is 245 g/mol. The van der Waals surface area contributed by atoms with Crippen molar-refractivity contribution in [3.63, 3.8) is 0 Å². The second-order valence-electron chi connectivity index (χ2n) is 4.28. The van der Waals surface area contributed by atoms with E-state index >= 15 is 0 Å². The molecule has 2 rings (SSSR count). The highest BCUT2D eigenvalue weighted by molar-refractivity contribution is 5.69. The SMILES string of the molecule is O=C(O)CC1(c2ccc(C(F)(F)F)cn2)CC1. The van der Waals surface area contributed by atoms with Gasteiger partial charge in [0.15, 0.2) is 0 Å². The molecule has 0 radical (unpaired) electrons. The third kappa shape index (κ3) is 2.40. The molecule has 92 valence electrons. The Kier molecular flexibility index (Phi) is 2.60. The summed E-state index contributed by atoms with van der Waals surface area (Å²) in [5.41, 5.74) is -0.920. The smallest absolute Gasteiger partial charge is 0.417 e. The summed E-state index contributed by atoms with van der Waals surface area (Å²) in [4.78, 5) is 14.4. The molecule has 1 aliphatic rings. The zero-order chi connectivity index (χ0) is 12.7. The van der Waals surface area contributed by atoms with Crippen molar-refractivity contribution in [2.24, 2.45) is 0 Å². The van der Waals surface area contributed by atoms with E-state index in [2.05, 4.69) is 4.98 Å². The molecule has 0 aromatic carbocycles. The van der Waals surface area contributed by atoms with Crippen LogP contribution in [0.5, 0.6) is 0 Å². The second-order valence-corrected chi connectivity index (χ2v) is 4.28. The Morgan fingerprint density at radius 3 is 2.41 bits per heavy atom. The number of aliphatic carboxylic acids is 1. The fourth-order valence-corrected chi connectivity index (χ4v) is 1.84. The quantitative estimate of drug-likeness (QED) is 0.890. The Hall–Kier alpha value is -1.59. The van der Waals surface area contributed by atoms with Crippen LogP contribution in [0.1, 0.15) is 30.5 Å². The Morgan fingerprint density at radius 1 is 1.41 bits per heavy atom. The van der Waals surface area contributed by atoms with Gasteiger partial charge in [-0.3, -0.25) is 9.78 Å². The lowest BCUT2D eigenvalue weighted by molar-refractivity contribution is -0.139. The van der Waals surface area contributed by atoms with Gasteiger partial charge < -0.3 is 5.11 Å². The molecule has 1 aromatic heterocycles. The van der Waals surface area contributed by atoms with Crippen LogP contribution in [0.25, 0.3) is 0 Å². The van der Waals surface area contributed by atoms with Crippen molar-refractivity contribution in [2.75, 3.05) is 0 Å². The minimum Gasteiger partial charge on any atom is -0.481 e. The van der Waals surface area contributed by atoms with Gasteiger partial charge in [-0.2, -0.15) is 13.2 Å². The van der Waals surface area contributed by atoms with Crippen molar-refractivity contribution in [2.45, 2.75) is 30.9 Å². The van der Waals surface area contributed by atoms with Gasteiger partial charge in [0, 0.05) is 17.3 Å². The number of nitrogens with zero attached hydrogens (tertiary/aromatic N) is 1. The normalized spacial score (nSPS) is 17.8. The topological polar surface area (TPSA) is 50.2 Å². The summed E-state index contributed by atoms with van der Waals surface area (Å²) < 4.78 is 36.9. The van der Waals surface area contributed by atoms with Gasteiger partial charge in [-0.25, -0.2) is 0 Å². The van der Waals surface area contributed by atoms with Crippen molar-refractivity contribution in [3.05, 3.63) is 29.6 Å². The first-order valence-electron chi connectivity index (χ1n) is 5.09. The standard InChI is InChI=1S/C11H10F3NO2/c12-11(13,14)7-1-2-8(15-6-7)10(3-4-10)5-9(16)17/h1-2,6H,3-5H2,(H,16,17). The van der Waals surface area contributed by atoms with Crippen LogP contribution in [0, 0.1) is 0 Å². The summed E-state index contributed by atoms with van der Waals surface area (Å²) in [5.74, 6) is -0.954. The van der Waals surface area contributed by atoms with Crippen LogP contribution >= 0.6 is 0 Å². The number of halogens is 3. The molecule has 0 aliphatic heterocycles. The van der Waals surface area contributed by atoms with E-state index in [9.17, 15) is 18.0 Å². The van der Waals surface area contributed by atoms with Crippen LogP contribution in [0.3, 0.4) is 0 Å². The number of rotatable bonds is 3. The molecule has 3 nitrogen and oxygen atoms in total. The molecule has 1 aromatic rings. The van der Waals surface area contributed by atoms with E-state index in [1.165, 1.54) is 6.07 Å². The largest absolute Gasteiger partial charge is 0.481 e. The van der Waals surface area contributed by atoms with Gasteiger partial charge in [-0.1, -0.05) is 0 Å². The zero-order valence-corrected chi connectivity index (χ0v) is 8.79. The van der Waals surface area contributed by atoms with Crippen LogP contribution in [-0.4, -0.2) is 16.1 Å². The van der Waals surface area contributed by atoms with Crippen LogP contribution in [0.4, 0.5) is 13.2 Å². The number of hydrogen-bond acceptors (Lipinski definition) is 2. The van der Waals surface area contributed by atoms with Crippen LogP contribution in [0.2, 0.25) is 0 Å². The average Bonchev–Trinajstić information content (AvgIpc) is 2.97. The Morgan fingerprint density at radius 2 is 2.06 bits per heavy atom. The maximum atomic E-state index is 12.3. The maximum absolute atomic E-state index is 12.3. The number of pyridine rings is 1. The van der Waals surface area contributed by atoms with Crippen molar-refractivity contribution in [1.82, 2.24) is 4.98 Å². The Balaban J connectivity index is 2.22. The van der Waals surface area contributed by atoms with Gasteiger partial charge in [0.2, 0.25) is 0 Å². The summed E-state index contributed by atoms with van der Waals surface area (Å²) in [6, 6.07) is 2.23. The minimum atomic E-state index is -4.41. The van der Waals surface area contributed by atoms with Gasteiger partial charge in [0.25, 0.3) is 0 Å². The van der Waals surface area contributed by atoms with Gasteiger partial charge in [-0.15, -0.1) is 0 Å². The van der Waals surface area contributed by atoms with E-state index in [-0.39, 0.29) is 6.42 Å². The van der Waals surface area contributed by atoms with E-state index < -0.39 is 23.1 Å². The zero-order valence-electron chi connectivity index (χ0n) is 8.79. The summed E-state index contributed by atoms with van der Waals surface area (Å²) in [7, 11) is 0. The second kappa shape index (κ2) is 3.72. The fourth-order valence-electron chi connectivity index (χ4n) is 1.84. The number of carboxylic acid groups (broad SMARTS) is 1. The van der Waals surface area contributed by atoms with Gasteiger partial charge in [0.1, 0.15) is 0 Å². The van der Waals surface area contributed by atoms with Crippen LogP contribution in [-0.2, 0) is 16.4 Å². The summed E-state index contributed by atoms with van der Waals surface area (Å²) in [6.07, 6.45) is -2.40. The Bertz CT molecular complexity index is 435.